The van der Waals surface area contributed by atoms with E-state index in [1.165, 1.54) is 5.56 Å². The Morgan fingerprint density at radius 3 is 2.36 bits per heavy atom. The topological polar surface area (TPSA) is 67.2 Å². The fraction of sp³-hybridized carbons (Fsp3) is 0.200. The van der Waals surface area contributed by atoms with Crippen molar-refractivity contribution in [2.24, 2.45) is 0 Å². The number of hydrogen-bond donors (Lipinski definition) is 2. The summed E-state index contributed by atoms with van der Waals surface area (Å²) in [6.07, 6.45) is 0. The highest BCUT2D eigenvalue weighted by molar-refractivity contribution is 6.01. The second-order valence-electron chi connectivity index (χ2n) is 6.18. The first-order valence-corrected chi connectivity index (χ1v) is 8.24. The van der Waals surface area contributed by atoms with Gasteiger partial charge >= 0.3 is 0 Å². The number of aryl methyl sites for hydroxylation is 1. The van der Waals surface area contributed by atoms with E-state index < -0.39 is 0 Å². The lowest BCUT2D eigenvalue weighted by Gasteiger charge is -2.10. The third kappa shape index (κ3) is 3.71. The average Bonchev–Trinajstić information content (AvgIpc) is 3.02. The number of benzene rings is 2. The fourth-order valence-electron chi connectivity index (χ4n) is 2.58. The van der Waals surface area contributed by atoms with Crippen LogP contribution in [0.1, 0.15) is 41.4 Å². The van der Waals surface area contributed by atoms with Crippen LogP contribution in [0.25, 0.3) is 11.3 Å². The Labute approximate surface area is 147 Å². The van der Waals surface area contributed by atoms with E-state index in [1.807, 2.05) is 54.6 Å². The van der Waals surface area contributed by atoms with Gasteiger partial charge in [0.2, 0.25) is 0 Å². The van der Waals surface area contributed by atoms with Gasteiger partial charge < -0.3 is 4.52 Å². The number of hydrogen-bond acceptors (Lipinski definition) is 4. The maximum absolute atomic E-state index is 12.6. The third-order valence-corrected chi connectivity index (χ3v) is 4.03. The molecule has 0 spiro atoms. The average molecular weight is 335 g/mol. The standard InChI is InChI=1S/C20H21N3O2/c1-13(2)15-9-11-17(12-10-15)21-22-20(24)18-14(3)25-23-19(18)16-7-5-4-6-8-16/h4-13,21H,1-3H3,(H,22,24). The van der Waals surface area contributed by atoms with E-state index in [0.29, 0.717) is 22.9 Å². The molecule has 3 aromatic rings. The zero-order chi connectivity index (χ0) is 17.8. The number of amides is 1. The lowest BCUT2D eigenvalue weighted by Crippen LogP contribution is -2.30. The van der Waals surface area contributed by atoms with E-state index in [-0.39, 0.29) is 5.91 Å². The molecule has 3 rings (SSSR count). The molecule has 0 atom stereocenters. The van der Waals surface area contributed by atoms with Crippen molar-refractivity contribution in [2.45, 2.75) is 26.7 Å². The molecule has 0 fully saturated rings. The van der Waals surface area contributed by atoms with Gasteiger partial charge in [-0.3, -0.25) is 15.6 Å². The van der Waals surface area contributed by atoms with Crippen LogP contribution in [0.5, 0.6) is 0 Å². The van der Waals surface area contributed by atoms with Gasteiger partial charge in [0.05, 0.1) is 5.69 Å². The minimum atomic E-state index is -0.287. The molecule has 0 aliphatic carbocycles. The number of rotatable bonds is 5. The zero-order valence-electron chi connectivity index (χ0n) is 14.5. The molecule has 0 aliphatic rings. The Hall–Kier alpha value is -3.08. The summed E-state index contributed by atoms with van der Waals surface area (Å²) >= 11 is 0. The second kappa shape index (κ2) is 7.21. The van der Waals surface area contributed by atoms with E-state index >= 15 is 0 Å². The van der Waals surface area contributed by atoms with Gasteiger partial charge in [0.25, 0.3) is 5.91 Å². The summed E-state index contributed by atoms with van der Waals surface area (Å²) in [6.45, 7) is 6.01. The van der Waals surface area contributed by atoms with Crippen LogP contribution in [0.15, 0.2) is 59.1 Å². The van der Waals surface area contributed by atoms with E-state index in [1.54, 1.807) is 6.92 Å². The zero-order valence-corrected chi connectivity index (χ0v) is 14.5. The lowest BCUT2D eigenvalue weighted by molar-refractivity contribution is 0.0961. The summed E-state index contributed by atoms with van der Waals surface area (Å²) in [6, 6.07) is 17.5. The molecule has 0 bridgehead atoms. The predicted molar refractivity (Wildman–Crippen MR) is 98.3 cm³/mol. The summed E-state index contributed by atoms with van der Waals surface area (Å²) in [5, 5.41) is 4.03. The highest BCUT2D eigenvalue weighted by Crippen LogP contribution is 2.25. The Morgan fingerprint density at radius 2 is 1.72 bits per heavy atom. The largest absolute Gasteiger partial charge is 0.360 e. The van der Waals surface area contributed by atoms with Gasteiger partial charge in [-0.15, -0.1) is 0 Å². The van der Waals surface area contributed by atoms with Crippen molar-refractivity contribution < 1.29 is 9.32 Å². The summed E-state index contributed by atoms with van der Waals surface area (Å²) in [5.41, 5.74) is 9.51. The van der Waals surface area contributed by atoms with Crippen molar-refractivity contribution in [3.8, 4) is 11.3 Å². The van der Waals surface area contributed by atoms with Crippen LogP contribution in [0.3, 0.4) is 0 Å². The molecular weight excluding hydrogens is 314 g/mol. The normalized spacial score (nSPS) is 10.7. The Kier molecular flexibility index (Phi) is 4.84. The monoisotopic (exact) mass is 335 g/mol. The van der Waals surface area contributed by atoms with E-state index in [0.717, 1.165) is 11.3 Å². The van der Waals surface area contributed by atoms with Crippen LogP contribution < -0.4 is 10.9 Å². The molecule has 5 heteroatoms. The summed E-state index contributed by atoms with van der Waals surface area (Å²) in [5.74, 6) is 0.663. The SMILES string of the molecule is Cc1onc(-c2ccccc2)c1C(=O)NNc1ccc(C(C)C)cc1. The van der Waals surface area contributed by atoms with E-state index in [2.05, 4.69) is 29.9 Å². The number of anilines is 1. The molecule has 0 saturated carbocycles. The minimum Gasteiger partial charge on any atom is -0.360 e. The number of carbonyl (C=O) groups excluding carboxylic acids is 1. The van der Waals surface area contributed by atoms with Gasteiger partial charge in [-0.1, -0.05) is 61.5 Å². The van der Waals surface area contributed by atoms with Crippen LogP contribution in [0.2, 0.25) is 0 Å². The molecule has 25 heavy (non-hydrogen) atoms. The number of nitrogens with zero attached hydrogens (tertiary/aromatic N) is 1. The molecule has 1 aromatic heterocycles. The molecule has 128 valence electrons. The van der Waals surface area contributed by atoms with Crippen LogP contribution >= 0.6 is 0 Å². The molecule has 0 aliphatic heterocycles. The van der Waals surface area contributed by atoms with E-state index in [9.17, 15) is 4.79 Å². The Morgan fingerprint density at radius 1 is 1.04 bits per heavy atom. The van der Waals surface area contributed by atoms with Crippen molar-refractivity contribution in [2.75, 3.05) is 5.43 Å². The van der Waals surface area contributed by atoms with Gasteiger partial charge in [-0.2, -0.15) is 0 Å². The molecule has 1 heterocycles. The van der Waals surface area contributed by atoms with Crippen molar-refractivity contribution in [1.29, 1.82) is 0 Å². The summed E-state index contributed by atoms with van der Waals surface area (Å²) in [7, 11) is 0. The van der Waals surface area contributed by atoms with Crippen molar-refractivity contribution in [3.05, 3.63) is 71.5 Å². The molecule has 0 saturated heterocycles. The van der Waals surface area contributed by atoms with E-state index in [4.69, 9.17) is 4.52 Å². The predicted octanol–water partition coefficient (Wildman–Crippen LogP) is 4.53. The quantitative estimate of drug-likeness (QED) is 0.672. The number of carbonyl (C=O) groups is 1. The third-order valence-electron chi connectivity index (χ3n) is 4.03. The highest BCUT2D eigenvalue weighted by atomic mass is 16.5. The molecule has 2 N–H and O–H groups in total. The van der Waals surface area contributed by atoms with Gasteiger partial charge in [0, 0.05) is 5.56 Å². The molecule has 2 aromatic carbocycles. The van der Waals surface area contributed by atoms with Crippen molar-refractivity contribution in [3.63, 3.8) is 0 Å². The lowest BCUT2D eigenvalue weighted by atomic mass is 10.0. The first-order chi connectivity index (χ1) is 12.1. The second-order valence-corrected chi connectivity index (χ2v) is 6.18. The minimum absolute atomic E-state index is 0.287. The van der Waals surface area contributed by atoms with Crippen molar-refractivity contribution >= 4 is 11.6 Å². The van der Waals surface area contributed by atoms with Gasteiger partial charge in [0.1, 0.15) is 17.0 Å². The Balaban J connectivity index is 1.75. The maximum Gasteiger partial charge on any atom is 0.275 e. The van der Waals surface area contributed by atoms with Gasteiger partial charge in [-0.05, 0) is 30.5 Å². The maximum atomic E-state index is 12.6. The molecular formula is C20H21N3O2. The first kappa shape index (κ1) is 16.8. The molecule has 1 amide bonds. The molecule has 0 unspecified atom stereocenters. The summed E-state index contributed by atoms with van der Waals surface area (Å²) < 4.78 is 5.23. The van der Waals surface area contributed by atoms with Crippen LogP contribution in [0.4, 0.5) is 5.69 Å². The van der Waals surface area contributed by atoms with Crippen LogP contribution in [-0.2, 0) is 0 Å². The van der Waals surface area contributed by atoms with Crippen LogP contribution in [0, 0.1) is 6.92 Å². The fourth-order valence-corrected chi connectivity index (χ4v) is 2.58. The van der Waals surface area contributed by atoms with Gasteiger partial charge in [-0.25, -0.2) is 0 Å². The number of aromatic nitrogens is 1. The summed E-state index contributed by atoms with van der Waals surface area (Å²) in [4.78, 5) is 12.6. The Bertz CT molecular complexity index is 852. The molecule has 0 radical (unpaired) electrons. The van der Waals surface area contributed by atoms with Crippen molar-refractivity contribution in [1.82, 2.24) is 10.6 Å². The first-order valence-electron chi connectivity index (χ1n) is 8.24. The highest BCUT2D eigenvalue weighted by Gasteiger charge is 2.21. The molecule has 5 nitrogen and oxygen atoms in total. The van der Waals surface area contributed by atoms with Gasteiger partial charge in [0.15, 0.2) is 0 Å². The van der Waals surface area contributed by atoms with Crippen LogP contribution in [-0.4, -0.2) is 11.1 Å². The number of nitrogens with one attached hydrogen (secondary N) is 2. The smallest absolute Gasteiger partial charge is 0.275 e. The number of hydrazine groups is 1.